The number of halogens is 1. The maximum atomic E-state index is 13.1. The number of hydrogen-bond acceptors (Lipinski definition) is 3. The van der Waals surface area contributed by atoms with Crippen LogP contribution in [0.1, 0.15) is 13.8 Å². The zero-order chi connectivity index (χ0) is 14.3. The van der Waals surface area contributed by atoms with E-state index < -0.39 is 11.9 Å². The number of carbonyl (C=O) groups is 2. The minimum Gasteiger partial charge on any atom is -0.450 e. The van der Waals surface area contributed by atoms with Crippen LogP contribution >= 0.6 is 0 Å². The molecule has 104 valence electrons. The van der Waals surface area contributed by atoms with Gasteiger partial charge in [-0.2, -0.15) is 0 Å². The third-order valence-electron chi connectivity index (χ3n) is 2.38. The van der Waals surface area contributed by atoms with E-state index in [1.54, 1.807) is 13.0 Å². The third-order valence-corrected chi connectivity index (χ3v) is 2.38. The highest BCUT2D eigenvalue weighted by Crippen LogP contribution is 2.15. The number of rotatable bonds is 5. The van der Waals surface area contributed by atoms with E-state index in [1.165, 1.54) is 30.0 Å². The van der Waals surface area contributed by atoms with Crippen molar-refractivity contribution in [3.63, 3.8) is 0 Å². The average Bonchev–Trinajstić information content (AvgIpc) is 2.34. The predicted octanol–water partition coefficient (Wildman–Crippen LogP) is 1.92. The molecule has 2 amide bonds. The number of ether oxygens (including phenoxy) is 1. The van der Waals surface area contributed by atoms with Crippen LogP contribution in [0, 0.1) is 5.82 Å². The molecular weight excluding hydrogens is 251 g/mol. The highest BCUT2D eigenvalue weighted by atomic mass is 19.1. The summed E-state index contributed by atoms with van der Waals surface area (Å²) < 4.78 is 17.8. The van der Waals surface area contributed by atoms with Crippen molar-refractivity contribution >= 4 is 17.7 Å². The molecule has 0 aliphatic heterocycles. The lowest BCUT2D eigenvalue weighted by Crippen LogP contribution is -2.37. The van der Waals surface area contributed by atoms with Crippen LogP contribution in [-0.2, 0) is 9.53 Å². The zero-order valence-corrected chi connectivity index (χ0v) is 11.0. The molecule has 0 heterocycles. The quantitative estimate of drug-likeness (QED) is 0.887. The van der Waals surface area contributed by atoms with E-state index in [0.29, 0.717) is 5.69 Å². The number of benzene rings is 1. The molecule has 1 aromatic rings. The summed E-state index contributed by atoms with van der Waals surface area (Å²) in [5.74, 6) is -0.640. The Hall–Kier alpha value is -2.11. The highest BCUT2D eigenvalue weighted by molar-refractivity contribution is 5.91. The van der Waals surface area contributed by atoms with Crippen molar-refractivity contribution in [3.05, 3.63) is 30.1 Å². The topological polar surface area (TPSA) is 58.6 Å². The van der Waals surface area contributed by atoms with Crippen molar-refractivity contribution in [2.45, 2.75) is 13.8 Å². The number of nitrogens with one attached hydrogen (secondary N) is 1. The van der Waals surface area contributed by atoms with Crippen molar-refractivity contribution in [2.24, 2.45) is 0 Å². The van der Waals surface area contributed by atoms with Gasteiger partial charge in [0.05, 0.1) is 6.61 Å². The Labute approximate surface area is 111 Å². The molecular formula is C13H17FN2O3. The fourth-order valence-electron chi connectivity index (χ4n) is 1.56. The Bertz CT molecular complexity index is 451. The standard InChI is InChI=1S/C13H17FN2O3/c1-3-19-13(18)15-7-8-16(10(2)17)12-6-4-5-11(14)9-12/h4-6,9H,3,7-8H2,1-2H3,(H,15,18). The van der Waals surface area contributed by atoms with E-state index in [-0.39, 0.29) is 25.6 Å². The minimum atomic E-state index is -0.537. The van der Waals surface area contributed by atoms with Gasteiger partial charge in [-0.25, -0.2) is 9.18 Å². The van der Waals surface area contributed by atoms with Gasteiger partial charge in [0.1, 0.15) is 5.82 Å². The first-order valence-electron chi connectivity index (χ1n) is 5.99. The summed E-state index contributed by atoms with van der Waals surface area (Å²) in [7, 11) is 0. The van der Waals surface area contributed by atoms with E-state index in [0.717, 1.165) is 0 Å². The van der Waals surface area contributed by atoms with E-state index in [2.05, 4.69) is 5.32 Å². The number of alkyl carbamates (subject to hydrolysis) is 1. The van der Waals surface area contributed by atoms with Crippen molar-refractivity contribution in [3.8, 4) is 0 Å². The van der Waals surface area contributed by atoms with Gasteiger partial charge < -0.3 is 15.0 Å². The van der Waals surface area contributed by atoms with Crippen molar-refractivity contribution in [1.82, 2.24) is 5.32 Å². The van der Waals surface area contributed by atoms with Crippen LogP contribution in [-0.4, -0.2) is 31.7 Å². The van der Waals surface area contributed by atoms with Gasteiger partial charge in [-0.3, -0.25) is 4.79 Å². The van der Waals surface area contributed by atoms with Gasteiger partial charge in [0.2, 0.25) is 5.91 Å². The summed E-state index contributed by atoms with van der Waals surface area (Å²) in [6.07, 6.45) is -0.537. The molecule has 1 N–H and O–H groups in total. The second-order valence-electron chi connectivity index (χ2n) is 3.80. The van der Waals surface area contributed by atoms with Crippen LogP contribution in [0.2, 0.25) is 0 Å². The fraction of sp³-hybridized carbons (Fsp3) is 0.385. The van der Waals surface area contributed by atoms with Crippen LogP contribution in [0.25, 0.3) is 0 Å². The molecule has 0 aromatic heterocycles. The van der Waals surface area contributed by atoms with Gasteiger partial charge >= 0.3 is 6.09 Å². The Kier molecular flexibility index (Phi) is 5.78. The summed E-state index contributed by atoms with van der Waals surface area (Å²) in [6.45, 7) is 3.85. The van der Waals surface area contributed by atoms with E-state index in [1.807, 2.05) is 0 Å². The smallest absolute Gasteiger partial charge is 0.407 e. The van der Waals surface area contributed by atoms with E-state index >= 15 is 0 Å². The number of hydrogen-bond donors (Lipinski definition) is 1. The first kappa shape index (κ1) is 14.9. The molecule has 0 saturated heterocycles. The Morgan fingerprint density at radius 2 is 2.16 bits per heavy atom. The Balaban J connectivity index is 2.59. The lowest BCUT2D eigenvalue weighted by atomic mass is 10.2. The van der Waals surface area contributed by atoms with Crippen LogP contribution < -0.4 is 10.2 Å². The van der Waals surface area contributed by atoms with Crippen LogP contribution in [0.3, 0.4) is 0 Å². The van der Waals surface area contributed by atoms with Gasteiger partial charge in [-0.1, -0.05) is 6.07 Å². The molecule has 0 bridgehead atoms. The summed E-state index contributed by atoms with van der Waals surface area (Å²) in [5.41, 5.74) is 0.457. The van der Waals surface area contributed by atoms with Crippen LogP contribution in [0.15, 0.2) is 24.3 Å². The second kappa shape index (κ2) is 7.35. The Morgan fingerprint density at radius 1 is 1.42 bits per heavy atom. The molecule has 1 rings (SSSR count). The highest BCUT2D eigenvalue weighted by Gasteiger charge is 2.12. The van der Waals surface area contributed by atoms with Gasteiger partial charge in [-0.15, -0.1) is 0 Å². The lowest BCUT2D eigenvalue weighted by Gasteiger charge is -2.21. The molecule has 5 nitrogen and oxygen atoms in total. The van der Waals surface area contributed by atoms with Crippen molar-refractivity contribution in [2.75, 3.05) is 24.6 Å². The maximum absolute atomic E-state index is 13.1. The van der Waals surface area contributed by atoms with Gasteiger partial charge in [-0.05, 0) is 25.1 Å². The number of carbonyl (C=O) groups excluding carboxylic acids is 2. The molecule has 0 aliphatic carbocycles. The van der Waals surface area contributed by atoms with Gasteiger partial charge in [0.25, 0.3) is 0 Å². The summed E-state index contributed by atoms with van der Waals surface area (Å²) in [5, 5.41) is 2.50. The molecule has 0 saturated carbocycles. The molecule has 6 heteroatoms. The van der Waals surface area contributed by atoms with E-state index in [9.17, 15) is 14.0 Å². The third kappa shape index (κ3) is 4.95. The first-order valence-corrected chi connectivity index (χ1v) is 5.99. The molecule has 0 aliphatic rings. The maximum Gasteiger partial charge on any atom is 0.407 e. The second-order valence-corrected chi connectivity index (χ2v) is 3.80. The van der Waals surface area contributed by atoms with Crippen LogP contribution in [0.4, 0.5) is 14.9 Å². The zero-order valence-electron chi connectivity index (χ0n) is 11.0. The molecule has 0 radical (unpaired) electrons. The fourth-order valence-corrected chi connectivity index (χ4v) is 1.56. The largest absolute Gasteiger partial charge is 0.450 e. The van der Waals surface area contributed by atoms with Crippen molar-refractivity contribution in [1.29, 1.82) is 0 Å². The molecule has 1 aromatic carbocycles. The summed E-state index contributed by atoms with van der Waals surface area (Å²) >= 11 is 0. The average molecular weight is 268 g/mol. The molecule has 0 unspecified atom stereocenters. The molecule has 0 fully saturated rings. The number of nitrogens with zero attached hydrogens (tertiary/aromatic N) is 1. The Morgan fingerprint density at radius 3 is 2.74 bits per heavy atom. The minimum absolute atomic E-state index is 0.226. The molecule has 0 atom stereocenters. The SMILES string of the molecule is CCOC(=O)NCCN(C(C)=O)c1cccc(F)c1. The first-order chi connectivity index (χ1) is 9.04. The monoisotopic (exact) mass is 268 g/mol. The predicted molar refractivity (Wildman–Crippen MR) is 69.5 cm³/mol. The van der Waals surface area contributed by atoms with Gasteiger partial charge in [0, 0.05) is 25.7 Å². The van der Waals surface area contributed by atoms with Crippen LogP contribution in [0.5, 0.6) is 0 Å². The molecule has 19 heavy (non-hydrogen) atoms. The summed E-state index contributed by atoms with van der Waals surface area (Å²) in [6, 6.07) is 5.73. The van der Waals surface area contributed by atoms with E-state index in [4.69, 9.17) is 4.74 Å². The van der Waals surface area contributed by atoms with Crippen molar-refractivity contribution < 1.29 is 18.7 Å². The van der Waals surface area contributed by atoms with Gasteiger partial charge in [0.15, 0.2) is 0 Å². The molecule has 0 spiro atoms. The summed E-state index contributed by atoms with van der Waals surface area (Å²) in [4.78, 5) is 24.0. The lowest BCUT2D eigenvalue weighted by molar-refractivity contribution is -0.116. The number of amides is 2. The number of anilines is 1. The normalized spacial score (nSPS) is 9.84.